The summed E-state index contributed by atoms with van der Waals surface area (Å²) < 4.78 is 46.5. The van der Waals surface area contributed by atoms with E-state index in [0.29, 0.717) is 31.3 Å². The molecular formula is C25H25F3N4O. The van der Waals surface area contributed by atoms with Gasteiger partial charge in [0.05, 0.1) is 11.3 Å². The Morgan fingerprint density at radius 2 is 1.64 bits per heavy atom. The number of benzene rings is 2. The number of rotatable bonds is 5. The standard InChI is InChI=1S/C25H25F3N4O/c26-18-6-4-17(5-7-18)15-31-13-10-23-20(16-31)24(33-19-8-9-21(27)22(28)14-19)30-25(29-23)32-11-2-1-3-12-32/h4-9,14H,1-3,10-13,15-16H2. The van der Waals surface area contributed by atoms with Gasteiger partial charge in [-0.2, -0.15) is 4.98 Å². The molecule has 0 spiro atoms. The van der Waals surface area contributed by atoms with Crippen molar-refractivity contribution in [3.05, 3.63) is 76.7 Å². The Kier molecular flexibility index (Phi) is 6.17. The van der Waals surface area contributed by atoms with Crippen molar-refractivity contribution in [2.45, 2.75) is 38.8 Å². The number of ether oxygens (including phenoxy) is 1. The van der Waals surface area contributed by atoms with Crippen molar-refractivity contribution in [1.29, 1.82) is 0 Å². The molecule has 3 heterocycles. The van der Waals surface area contributed by atoms with Crippen LogP contribution in [0.25, 0.3) is 0 Å². The first-order valence-electron chi connectivity index (χ1n) is 11.3. The van der Waals surface area contributed by atoms with Crippen molar-refractivity contribution in [3.63, 3.8) is 0 Å². The van der Waals surface area contributed by atoms with E-state index in [2.05, 4.69) is 9.80 Å². The number of anilines is 1. The number of halogens is 3. The molecule has 0 N–H and O–H groups in total. The summed E-state index contributed by atoms with van der Waals surface area (Å²) in [6.07, 6.45) is 4.09. The minimum absolute atomic E-state index is 0.190. The van der Waals surface area contributed by atoms with E-state index in [1.54, 1.807) is 12.1 Å². The molecular weight excluding hydrogens is 429 g/mol. The summed E-state index contributed by atoms with van der Waals surface area (Å²) in [5, 5.41) is 0. The van der Waals surface area contributed by atoms with Crippen LogP contribution in [0.4, 0.5) is 19.1 Å². The van der Waals surface area contributed by atoms with E-state index >= 15 is 0 Å². The van der Waals surface area contributed by atoms with E-state index in [1.165, 1.54) is 24.6 Å². The fourth-order valence-electron chi connectivity index (χ4n) is 4.38. The van der Waals surface area contributed by atoms with Gasteiger partial charge in [-0.05, 0) is 49.1 Å². The van der Waals surface area contributed by atoms with Gasteiger partial charge in [-0.15, -0.1) is 0 Å². The lowest BCUT2D eigenvalue weighted by Crippen LogP contribution is -2.34. The van der Waals surface area contributed by atoms with E-state index < -0.39 is 11.6 Å². The van der Waals surface area contributed by atoms with Gasteiger partial charge in [-0.1, -0.05) is 12.1 Å². The Balaban J connectivity index is 1.45. The molecule has 0 atom stereocenters. The third-order valence-corrected chi connectivity index (χ3v) is 6.15. The smallest absolute Gasteiger partial charge is 0.228 e. The van der Waals surface area contributed by atoms with Crippen molar-refractivity contribution < 1.29 is 17.9 Å². The normalized spacial score (nSPS) is 16.5. The molecule has 1 aromatic heterocycles. The fraction of sp³-hybridized carbons (Fsp3) is 0.360. The second-order valence-corrected chi connectivity index (χ2v) is 8.57. The number of piperidine rings is 1. The minimum Gasteiger partial charge on any atom is -0.438 e. The van der Waals surface area contributed by atoms with Crippen molar-refractivity contribution >= 4 is 5.95 Å². The average molecular weight is 454 g/mol. The Bertz CT molecular complexity index is 1130. The second kappa shape index (κ2) is 9.39. The third-order valence-electron chi connectivity index (χ3n) is 6.15. The molecule has 0 bridgehead atoms. The summed E-state index contributed by atoms with van der Waals surface area (Å²) in [5.41, 5.74) is 2.76. The maximum Gasteiger partial charge on any atom is 0.228 e. The maximum absolute atomic E-state index is 13.8. The molecule has 0 aliphatic carbocycles. The van der Waals surface area contributed by atoms with Gasteiger partial charge in [-0.3, -0.25) is 4.90 Å². The van der Waals surface area contributed by atoms with Crippen molar-refractivity contribution in [3.8, 4) is 11.6 Å². The number of nitrogens with zero attached hydrogens (tertiary/aromatic N) is 4. The lowest BCUT2D eigenvalue weighted by molar-refractivity contribution is 0.238. The second-order valence-electron chi connectivity index (χ2n) is 8.57. The van der Waals surface area contributed by atoms with Gasteiger partial charge in [0.2, 0.25) is 11.8 Å². The lowest BCUT2D eigenvalue weighted by Gasteiger charge is -2.32. The quantitative estimate of drug-likeness (QED) is 0.528. The maximum atomic E-state index is 13.8. The van der Waals surface area contributed by atoms with Crippen LogP contribution in [0.15, 0.2) is 42.5 Å². The molecule has 8 heteroatoms. The predicted octanol–water partition coefficient (Wildman–Crippen LogP) is 5.23. The first-order chi connectivity index (χ1) is 16.0. The van der Waals surface area contributed by atoms with Crippen LogP contribution >= 0.6 is 0 Å². The highest BCUT2D eigenvalue weighted by atomic mass is 19.2. The molecule has 33 heavy (non-hydrogen) atoms. The number of fused-ring (bicyclic) bond motifs is 1. The first-order valence-corrected chi connectivity index (χ1v) is 11.3. The highest BCUT2D eigenvalue weighted by Gasteiger charge is 2.26. The molecule has 0 amide bonds. The first kappa shape index (κ1) is 21.7. The summed E-state index contributed by atoms with van der Waals surface area (Å²) >= 11 is 0. The summed E-state index contributed by atoms with van der Waals surface area (Å²) in [5.74, 6) is -0.969. The molecule has 0 radical (unpaired) electrons. The third kappa shape index (κ3) is 4.95. The van der Waals surface area contributed by atoms with Gasteiger partial charge in [0.25, 0.3) is 0 Å². The van der Waals surface area contributed by atoms with E-state index in [1.807, 2.05) is 0 Å². The molecule has 0 unspecified atom stereocenters. The largest absolute Gasteiger partial charge is 0.438 e. The Hall–Kier alpha value is -3.13. The van der Waals surface area contributed by atoms with Crippen LogP contribution in [-0.2, 0) is 19.5 Å². The van der Waals surface area contributed by atoms with Gasteiger partial charge in [-0.25, -0.2) is 18.2 Å². The van der Waals surface area contributed by atoms with Crippen LogP contribution in [0.5, 0.6) is 11.6 Å². The molecule has 3 aromatic rings. The van der Waals surface area contributed by atoms with Gasteiger partial charge < -0.3 is 9.64 Å². The van der Waals surface area contributed by atoms with Crippen LogP contribution in [0.2, 0.25) is 0 Å². The van der Waals surface area contributed by atoms with Gasteiger partial charge in [0.1, 0.15) is 11.6 Å². The highest BCUT2D eigenvalue weighted by Crippen LogP contribution is 2.33. The van der Waals surface area contributed by atoms with E-state index in [4.69, 9.17) is 14.7 Å². The molecule has 2 aliphatic heterocycles. The summed E-state index contributed by atoms with van der Waals surface area (Å²) in [7, 11) is 0. The minimum atomic E-state index is -0.968. The average Bonchev–Trinajstić information content (AvgIpc) is 2.83. The molecule has 1 saturated heterocycles. The van der Waals surface area contributed by atoms with Crippen molar-refractivity contribution in [2.75, 3.05) is 24.5 Å². The Labute approximate surface area is 190 Å². The van der Waals surface area contributed by atoms with E-state index in [0.717, 1.165) is 61.4 Å². The Morgan fingerprint density at radius 1 is 0.848 bits per heavy atom. The highest BCUT2D eigenvalue weighted by molar-refractivity contribution is 5.44. The molecule has 1 fully saturated rings. The number of hydrogen-bond acceptors (Lipinski definition) is 5. The van der Waals surface area contributed by atoms with Crippen LogP contribution in [0.1, 0.15) is 36.1 Å². The van der Waals surface area contributed by atoms with Crippen LogP contribution in [0.3, 0.4) is 0 Å². The summed E-state index contributed by atoms with van der Waals surface area (Å²) in [6, 6.07) is 9.94. The van der Waals surface area contributed by atoms with Crippen molar-refractivity contribution in [2.24, 2.45) is 0 Å². The molecule has 2 aromatic carbocycles. The van der Waals surface area contributed by atoms with Gasteiger partial charge in [0.15, 0.2) is 11.6 Å². The molecule has 0 saturated carbocycles. The lowest BCUT2D eigenvalue weighted by atomic mass is 10.1. The fourth-order valence-corrected chi connectivity index (χ4v) is 4.38. The topological polar surface area (TPSA) is 41.5 Å². The summed E-state index contributed by atoms with van der Waals surface area (Å²) in [6.45, 7) is 3.77. The SMILES string of the molecule is Fc1ccc(CN2CCc3nc(N4CCCCC4)nc(Oc4ccc(F)c(F)c4)c3C2)cc1. The van der Waals surface area contributed by atoms with Gasteiger partial charge in [0, 0.05) is 45.2 Å². The molecule has 5 rings (SSSR count). The molecule has 2 aliphatic rings. The molecule has 5 nitrogen and oxygen atoms in total. The Morgan fingerprint density at radius 3 is 2.39 bits per heavy atom. The van der Waals surface area contributed by atoms with E-state index in [-0.39, 0.29) is 11.6 Å². The monoisotopic (exact) mass is 454 g/mol. The van der Waals surface area contributed by atoms with Crippen LogP contribution in [0, 0.1) is 17.5 Å². The van der Waals surface area contributed by atoms with E-state index in [9.17, 15) is 13.2 Å². The van der Waals surface area contributed by atoms with Crippen LogP contribution < -0.4 is 9.64 Å². The zero-order valence-corrected chi connectivity index (χ0v) is 18.2. The zero-order chi connectivity index (χ0) is 22.8. The zero-order valence-electron chi connectivity index (χ0n) is 18.2. The number of aromatic nitrogens is 2. The van der Waals surface area contributed by atoms with Crippen molar-refractivity contribution in [1.82, 2.24) is 14.9 Å². The number of hydrogen-bond donors (Lipinski definition) is 0. The van der Waals surface area contributed by atoms with Crippen LogP contribution in [-0.4, -0.2) is 34.5 Å². The molecule has 172 valence electrons. The summed E-state index contributed by atoms with van der Waals surface area (Å²) in [4.78, 5) is 13.9. The van der Waals surface area contributed by atoms with Gasteiger partial charge >= 0.3 is 0 Å². The predicted molar refractivity (Wildman–Crippen MR) is 119 cm³/mol.